The highest BCUT2D eigenvalue weighted by Crippen LogP contribution is 2.32. The van der Waals surface area contributed by atoms with Gasteiger partial charge in [-0.3, -0.25) is 14.2 Å². The van der Waals surface area contributed by atoms with Crippen LogP contribution in [-0.2, 0) is 11.3 Å². The molecule has 10 nitrogen and oxygen atoms in total. The number of amides is 1. The molecule has 5 rings (SSSR count). The summed E-state index contributed by atoms with van der Waals surface area (Å²) in [5.74, 6) is 2.46. The smallest absolute Gasteiger partial charge is 0.257 e. The number of anilines is 1. The lowest BCUT2D eigenvalue weighted by molar-refractivity contribution is -0.121. The van der Waals surface area contributed by atoms with Gasteiger partial charge in [-0.05, 0) is 31.9 Å². The van der Waals surface area contributed by atoms with Gasteiger partial charge in [0.25, 0.3) is 5.56 Å². The van der Waals surface area contributed by atoms with Crippen LogP contribution in [0.25, 0.3) is 11.0 Å². The summed E-state index contributed by atoms with van der Waals surface area (Å²) in [5, 5.41) is 9.97. The topological polar surface area (TPSA) is 111 Å². The first-order valence-corrected chi connectivity index (χ1v) is 14.1. The molecule has 186 valence electrons. The summed E-state index contributed by atoms with van der Waals surface area (Å²) in [6.45, 7) is 6.80. The molecule has 2 aliphatic heterocycles. The largest absolute Gasteiger partial charge is 0.356 e. The number of hydrogen-bond donors (Lipinski definition) is 1. The number of carbonyl (C=O) groups is 1. The van der Waals surface area contributed by atoms with Crippen molar-refractivity contribution in [1.82, 2.24) is 34.6 Å². The van der Waals surface area contributed by atoms with Crippen molar-refractivity contribution >= 4 is 46.3 Å². The summed E-state index contributed by atoms with van der Waals surface area (Å²) in [6.07, 6.45) is 7.31. The number of nitrogens with one attached hydrogen (secondary N) is 1. The van der Waals surface area contributed by atoms with Gasteiger partial charge >= 0.3 is 0 Å². The molecule has 12 heteroatoms. The molecule has 1 amide bonds. The Morgan fingerprint density at radius 3 is 2.86 bits per heavy atom. The molecule has 1 atom stereocenters. The highest BCUT2D eigenvalue weighted by molar-refractivity contribution is 7.99. The Bertz CT molecular complexity index is 1280. The lowest BCUT2D eigenvalue weighted by Gasteiger charge is -2.28. The van der Waals surface area contributed by atoms with Crippen LogP contribution in [0, 0.1) is 6.92 Å². The molecule has 35 heavy (non-hydrogen) atoms. The van der Waals surface area contributed by atoms with Gasteiger partial charge in [-0.15, -0.1) is 0 Å². The molecule has 3 aromatic rings. The molecule has 1 unspecified atom stereocenters. The Balaban J connectivity index is 1.26. The van der Waals surface area contributed by atoms with Gasteiger partial charge in [0.1, 0.15) is 5.82 Å². The molecule has 0 saturated carbocycles. The fraction of sp³-hybridized carbons (Fsp3) is 0.565. The van der Waals surface area contributed by atoms with Crippen LogP contribution in [0.3, 0.4) is 0 Å². The van der Waals surface area contributed by atoms with Crippen LogP contribution in [0.15, 0.2) is 27.5 Å². The minimum absolute atomic E-state index is 0.0641. The SMILES string of the molecule is CCSc1nc(N2CCCCC2)c2cnn(CCNC(=O)CC3CSc4ncc(C)c(=O)n43)c2n1. The summed E-state index contributed by atoms with van der Waals surface area (Å²) >= 11 is 3.15. The maximum absolute atomic E-state index is 12.7. The van der Waals surface area contributed by atoms with Crippen LogP contribution >= 0.6 is 23.5 Å². The van der Waals surface area contributed by atoms with E-state index < -0.39 is 0 Å². The standard InChI is InChI=1S/C23H30N8O2S2/c1-3-34-22-27-19(29-8-5-4-6-9-29)17-13-26-30(20(17)28-22)10-7-24-18(32)11-16-14-35-23-25-12-15(2)21(33)31(16)23/h12-13,16H,3-11,14H2,1-2H3,(H,24,32). The first kappa shape index (κ1) is 24.1. The number of thioether (sulfide) groups is 2. The zero-order valence-corrected chi connectivity index (χ0v) is 21.7. The van der Waals surface area contributed by atoms with E-state index >= 15 is 0 Å². The monoisotopic (exact) mass is 514 g/mol. The maximum Gasteiger partial charge on any atom is 0.257 e. The predicted octanol–water partition coefficient (Wildman–Crippen LogP) is 2.65. The number of carbonyl (C=O) groups excluding carboxylic acids is 1. The number of nitrogens with zero attached hydrogens (tertiary/aromatic N) is 7. The molecule has 0 radical (unpaired) electrons. The molecule has 5 heterocycles. The van der Waals surface area contributed by atoms with Gasteiger partial charge in [-0.1, -0.05) is 30.4 Å². The van der Waals surface area contributed by atoms with Crippen LogP contribution in [0.4, 0.5) is 5.82 Å². The Labute approximate surface area is 212 Å². The van der Waals surface area contributed by atoms with Crippen molar-refractivity contribution in [1.29, 1.82) is 0 Å². The van der Waals surface area contributed by atoms with Crippen molar-refractivity contribution in [3.63, 3.8) is 0 Å². The van der Waals surface area contributed by atoms with Crippen molar-refractivity contribution in [3.05, 3.63) is 28.3 Å². The van der Waals surface area contributed by atoms with Crippen molar-refractivity contribution in [2.45, 2.75) is 62.4 Å². The molecular weight excluding hydrogens is 484 g/mol. The minimum Gasteiger partial charge on any atom is -0.356 e. The van der Waals surface area contributed by atoms with Crippen molar-refractivity contribution in [2.24, 2.45) is 0 Å². The Morgan fingerprint density at radius 2 is 2.06 bits per heavy atom. The average molecular weight is 515 g/mol. The van der Waals surface area contributed by atoms with Crippen LogP contribution in [0.1, 0.15) is 44.2 Å². The van der Waals surface area contributed by atoms with E-state index in [4.69, 9.17) is 9.97 Å². The van der Waals surface area contributed by atoms with Crippen LogP contribution < -0.4 is 15.8 Å². The second-order valence-electron chi connectivity index (χ2n) is 8.83. The third kappa shape index (κ3) is 5.04. The molecule has 1 saturated heterocycles. The third-order valence-corrected chi connectivity index (χ3v) is 8.19. The highest BCUT2D eigenvalue weighted by atomic mass is 32.2. The van der Waals surface area contributed by atoms with E-state index in [2.05, 4.69) is 27.2 Å². The van der Waals surface area contributed by atoms with Crippen molar-refractivity contribution in [2.75, 3.05) is 36.0 Å². The molecule has 0 aromatic carbocycles. The lowest BCUT2D eigenvalue weighted by atomic mass is 10.1. The summed E-state index contributed by atoms with van der Waals surface area (Å²) in [4.78, 5) is 41.5. The van der Waals surface area contributed by atoms with Gasteiger partial charge in [0.05, 0.1) is 24.2 Å². The van der Waals surface area contributed by atoms with Crippen LogP contribution in [-0.4, -0.2) is 66.3 Å². The Hall–Kier alpha value is -2.60. The number of aryl methyl sites for hydroxylation is 1. The predicted molar refractivity (Wildman–Crippen MR) is 138 cm³/mol. The van der Waals surface area contributed by atoms with Crippen LogP contribution in [0.2, 0.25) is 0 Å². The summed E-state index contributed by atoms with van der Waals surface area (Å²) < 4.78 is 3.51. The normalized spacial score (nSPS) is 17.7. The molecule has 1 N–H and O–H groups in total. The first-order chi connectivity index (χ1) is 17.0. The number of fused-ring (bicyclic) bond motifs is 2. The van der Waals surface area contributed by atoms with E-state index in [-0.39, 0.29) is 23.9 Å². The van der Waals surface area contributed by atoms with Gasteiger partial charge in [-0.2, -0.15) is 5.10 Å². The van der Waals surface area contributed by atoms with E-state index in [0.29, 0.717) is 29.6 Å². The second kappa shape index (κ2) is 10.6. The molecule has 2 aliphatic rings. The van der Waals surface area contributed by atoms with E-state index in [1.54, 1.807) is 29.4 Å². The number of piperidine rings is 1. The fourth-order valence-corrected chi connectivity index (χ4v) is 6.25. The fourth-order valence-electron chi connectivity index (χ4n) is 4.58. The molecule has 0 aliphatic carbocycles. The summed E-state index contributed by atoms with van der Waals surface area (Å²) in [6, 6.07) is -0.172. The molecule has 0 bridgehead atoms. The van der Waals surface area contributed by atoms with Gasteiger partial charge in [0.2, 0.25) is 5.91 Å². The quantitative estimate of drug-likeness (QED) is 0.358. The molecular formula is C23H30N8O2S2. The zero-order chi connectivity index (χ0) is 24.4. The second-order valence-corrected chi connectivity index (χ2v) is 11.1. The van der Waals surface area contributed by atoms with Gasteiger partial charge in [0.15, 0.2) is 16.0 Å². The third-order valence-electron chi connectivity index (χ3n) is 6.35. The van der Waals surface area contributed by atoms with Crippen molar-refractivity contribution in [3.8, 4) is 0 Å². The average Bonchev–Trinajstić information content (AvgIpc) is 3.46. The number of rotatable bonds is 8. The Morgan fingerprint density at radius 1 is 1.23 bits per heavy atom. The van der Waals surface area contributed by atoms with Gasteiger partial charge in [-0.25, -0.2) is 19.6 Å². The molecule has 3 aromatic heterocycles. The highest BCUT2D eigenvalue weighted by Gasteiger charge is 2.27. The van der Waals surface area contributed by atoms with E-state index in [1.165, 1.54) is 31.0 Å². The van der Waals surface area contributed by atoms with Crippen molar-refractivity contribution < 1.29 is 4.79 Å². The minimum atomic E-state index is -0.172. The number of hydrogen-bond acceptors (Lipinski definition) is 9. The van der Waals surface area contributed by atoms with Gasteiger partial charge in [0, 0.05) is 43.6 Å². The van der Waals surface area contributed by atoms with E-state index in [9.17, 15) is 9.59 Å². The lowest BCUT2D eigenvalue weighted by Crippen LogP contribution is -2.33. The molecule has 1 fully saturated rings. The molecule has 0 spiro atoms. The Kier molecular flexibility index (Phi) is 7.28. The zero-order valence-electron chi connectivity index (χ0n) is 20.1. The summed E-state index contributed by atoms with van der Waals surface area (Å²) in [5.41, 5.74) is 1.34. The van der Waals surface area contributed by atoms with E-state index in [1.807, 2.05) is 10.9 Å². The van der Waals surface area contributed by atoms with Gasteiger partial charge < -0.3 is 10.2 Å². The van der Waals surface area contributed by atoms with E-state index in [0.717, 1.165) is 40.9 Å². The first-order valence-electron chi connectivity index (χ1n) is 12.1. The number of aromatic nitrogens is 6. The maximum atomic E-state index is 12.7. The van der Waals surface area contributed by atoms with Crippen LogP contribution in [0.5, 0.6) is 0 Å². The summed E-state index contributed by atoms with van der Waals surface area (Å²) in [7, 11) is 0.